The molecule has 3 fully saturated rings. The molecule has 1 unspecified atom stereocenters. The third-order valence-electron chi connectivity index (χ3n) is 4.95. The summed E-state index contributed by atoms with van der Waals surface area (Å²) in [4.78, 5) is 18.4. The molecule has 2 aliphatic heterocycles. The normalized spacial score (nSPS) is 27.7. The summed E-state index contributed by atoms with van der Waals surface area (Å²) in [6, 6.07) is 1.41. The van der Waals surface area contributed by atoms with Crippen LogP contribution in [0.4, 0.5) is 0 Å². The van der Waals surface area contributed by atoms with Gasteiger partial charge in [0.2, 0.25) is 0 Å². The summed E-state index contributed by atoms with van der Waals surface area (Å²) >= 11 is 2.06. The molecule has 21 heavy (non-hydrogen) atoms. The van der Waals surface area contributed by atoms with Crippen molar-refractivity contribution in [2.45, 2.75) is 42.5 Å². The van der Waals surface area contributed by atoms with Crippen LogP contribution in [-0.2, 0) is 7.05 Å². The maximum absolute atomic E-state index is 12.3. The fraction of sp³-hybridized carbons (Fsp3) is 0.733. The molecule has 1 aliphatic carbocycles. The second-order valence-corrected chi connectivity index (χ2v) is 8.26. The Kier molecular flexibility index (Phi) is 3.26. The summed E-state index contributed by atoms with van der Waals surface area (Å²) in [6.07, 6.45) is 8.77. The van der Waals surface area contributed by atoms with Gasteiger partial charge in [-0.25, -0.2) is 4.98 Å². The fourth-order valence-corrected chi connectivity index (χ4v) is 5.14. The molecule has 1 aromatic rings. The van der Waals surface area contributed by atoms with Crippen LogP contribution in [-0.4, -0.2) is 56.0 Å². The number of nitrogens with zero attached hydrogens (tertiary/aromatic N) is 3. The van der Waals surface area contributed by atoms with E-state index in [-0.39, 0.29) is 5.91 Å². The smallest absolute Gasteiger partial charge is 0.274 e. The Morgan fingerprint density at radius 3 is 2.86 bits per heavy atom. The van der Waals surface area contributed by atoms with Crippen molar-refractivity contribution in [1.82, 2.24) is 19.8 Å². The van der Waals surface area contributed by atoms with E-state index in [0.717, 1.165) is 19.1 Å². The van der Waals surface area contributed by atoms with Crippen molar-refractivity contribution in [3.8, 4) is 0 Å². The van der Waals surface area contributed by atoms with Gasteiger partial charge in [0.25, 0.3) is 5.91 Å². The molecule has 5 nitrogen and oxygen atoms in total. The van der Waals surface area contributed by atoms with E-state index in [4.69, 9.17) is 0 Å². The van der Waals surface area contributed by atoms with E-state index in [0.29, 0.717) is 16.5 Å². The lowest BCUT2D eigenvalue weighted by atomic mass is 9.89. The monoisotopic (exact) mass is 306 g/mol. The minimum Gasteiger partial charge on any atom is -0.340 e. The molecule has 1 N–H and O–H groups in total. The lowest BCUT2D eigenvalue weighted by Crippen LogP contribution is -2.61. The van der Waals surface area contributed by atoms with Crippen molar-refractivity contribution >= 4 is 17.7 Å². The lowest BCUT2D eigenvalue weighted by Gasteiger charge is -2.47. The third kappa shape index (κ3) is 2.48. The number of thioether (sulfide) groups is 1. The maximum atomic E-state index is 12.3. The van der Waals surface area contributed by atoms with E-state index in [1.54, 1.807) is 12.5 Å². The summed E-state index contributed by atoms with van der Waals surface area (Å²) in [7, 11) is 1.89. The molecular formula is C15H22N4OS. The highest BCUT2D eigenvalue weighted by atomic mass is 32.2. The molecule has 1 saturated carbocycles. The Hall–Kier alpha value is -1.01. The molecule has 1 spiro atoms. The second kappa shape index (κ2) is 5.02. The van der Waals surface area contributed by atoms with E-state index < -0.39 is 0 Å². The minimum absolute atomic E-state index is 0.0808. The summed E-state index contributed by atoms with van der Waals surface area (Å²) in [5.41, 5.74) is 0.569. The standard InChI is InChI=1S/C15H22N4OS/c1-18-6-13(16-10-18)14(20)19-8-15(9-19)5-12(7-21-15)17-11-3-2-4-11/h6,10-12,17H,2-5,7-9H2,1H3. The van der Waals surface area contributed by atoms with Crippen molar-refractivity contribution in [3.63, 3.8) is 0 Å². The van der Waals surface area contributed by atoms with Crippen molar-refractivity contribution in [3.05, 3.63) is 18.2 Å². The first-order valence-electron chi connectivity index (χ1n) is 7.81. The van der Waals surface area contributed by atoms with Crippen LogP contribution in [0.1, 0.15) is 36.2 Å². The molecule has 0 aromatic carbocycles. The number of nitrogens with one attached hydrogen (secondary N) is 1. The zero-order chi connectivity index (χ0) is 14.4. The number of hydrogen-bond acceptors (Lipinski definition) is 4. The van der Waals surface area contributed by atoms with Gasteiger partial charge >= 0.3 is 0 Å². The van der Waals surface area contributed by atoms with Gasteiger partial charge in [-0.2, -0.15) is 0 Å². The highest BCUT2D eigenvalue weighted by Crippen LogP contribution is 2.45. The van der Waals surface area contributed by atoms with Gasteiger partial charge in [-0.1, -0.05) is 6.42 Å². The van der Waals surface area contributed by atoms with Gasteiger partial charge in [-0.15, -0.1) is 11.8 Å². The number of aryl methyl sites for hydroxylation is 1. The Bertz CT molecular complexity index is 548. The van der Waals surface area contributed by atoms with Crippen molar-refractivity contribution in [1.29, 1.82) is 0 Å². The molecule has 114 valence electrons. The topological polar surface area (TPSA) is 50.2 Å². The van der Waals surface area contributed by atoms with Gasteiger partial charge in [-0.05, 0) is 19.3 Å². The predicted octanol–water partition coefficient (Wildman–Crippen LogP) is 1.26. The Labute approximate surface area is 129 Å². The maximum Gasteiger partial charge on any atom is 0.274 e. The van der Waals surface area contributed by atoms with Crippen LogP contribution in [0.2, 0.25) is 0 Å². The number of carbonyl (C=O) groups excluding carboxylic acids is 1. The molecule has 2 saturated heterocycles. The van der Waals surface area contributed by atoms with Crippen LogP contribution in [0.25, 0.3) is 0 Å². The van der Waals surface area contributed by atoms with Gasteiger partial charge in [0.1, 0.15) is 5.69 Å². The highest BCUT2D eigenvalue weighted by Gasteiger charge is 2.51. The van der Waals surface area contributed by atoms with Gasteiger partial charge < -0.3 is 14.8 Å². The van der Waals surface area contributed by atoms with E-state index in [2.05, 4.69) is 22.1 Å². The molecule has 1 amide bonds. The molecular weight excluding hydrogens is 284 g/mol. The summed E-state index contributed by atoms with van der Waals surface area (Å²) in [6.45, 7) is 1.77. The van der Waals surface area contributed by atoms with Crippen LogP contribution in [0, 0.1) is 0 Å². The number of aromatic nitrogens is 2. The fourth-order valence-electron chi connectivity index (χ4n) is 3.56. The molecule has 1 atom stereocenters. The van der Waals surface area contributed by atoms with Gasteiger partial charge in [0.05, 0.1) is 11.1 Å². The molecule has 1 aromatic heterocycles. The van der Waals surface area contributed by atoms with Crippen LogP contribution in [0.15, 0.2) is 12.5 Å². The first-order valence-corrected chi connectivity index (χ1v) is 8.79. The summed E-state index contributed by atoms with van der Waals surface area (Å²) in [5.74, 6) is 1.28. The van der Waals surface area contributed by atoms with Crippen LogP contribution < -0.4 is 5.32 Å². The minimum atomic E-state index is 0.0808. The molecule has 3 aliphatic rings. The van der Waals surface area contributed by atoms with Crippen LogP contribution in [0.3, 0.4) is 0 Å². The zero-order valence-corrected chi connectivity index (χ0v) is 13.2. The third-order valence-corrected chi connectivity index (χ3v) is 6.56. The van der Waals surface area contributed by atoms with Gasteiger partial charge in [0, 0.05) is 44.2 Å². The Balaban J connectivity index is 1.31. The number of amides is 1. The highest BCUT2D eigenvalue weighted by molar-refractivity contribution is 8.01. The van der Waals surface area contributed by atoms with Gasteiger partial charge in [0.15, 0.2) is 0 Å². The van der Waals surface area contributed by atoms with Crippen LogP contribution in [0.5, 0.6) is 0 Å². The average molecular weight is 306 g/mol. The Morgan fingerprint density at radius 1 is 1.43 bits per heavy atom. The molecule has 0 radical (unpaired) electrons. The number of hydrogen-bond donors (Lipinski definition) is 1. The first kappa shape index (κ1) is 13.6. The quantitative estimate of drug-likeness (QED) is 0.913. The number of carbonyl (C=O) groups is 1. The van der Waals surface area contributed by atoms with E-state index in [9.17, 15) is 4.79 Å². The van der Waals surface area contributed by atoms with E-state index in [1.165, 1.54) is 31.4 Å². The molecule has 4 rings (SSSR count). The molecule has 3 heterocycles. The van der Waals surface area contributed by atoms with Crippen molar-refractivity contribution in [2.75, 3.05) is 18.8 Å². The molecule has 0 bridgehead atoms. The zero-order valence-electron chi connectivity index (χ0n) is 12.4. The van der Waals surface area contributed by atoms with Crippen LogP contribution >= 0.6 is 11.8 Å². The number of imidazole rings is 1. The SMILES string of the molecule is Cn1cnc(C(=O)N2CC3(CC(NC4CCC4)CS3)C2)c1. The molecule has 6 heteroatoms. The van der Waals surface area contributed by atoms with E-state index >= 15 is 0 Å². The lowest BCUT2D eigenvalue weighted by molar-refractivity contribution is 0.0544. The first-order chi connectivity index (χ1) is 10.1. The number of rotatable bonds is 3. The second-order valence-electron chi connectivity index (χ2n) is 6.78. The van der Waals surface area contributed by atoms with E-state index in [1.807, 2.05) is 16.5 Å². The summed E-state index contributed by atoms with van der Waals surface area (Å²) < 4.78 is 2.14. The Morgan fingerprint density at radius 2 is 2.24 bits per heavy atom. The average Bonchev–Trinajstić information content (AvgIpc) is 2.98. The number of likely N-dealkylation sites (tertiary alicyclic amines) is 1. The summed E-state index contributed by atoms with van der Waals surface area (Å²) in [5, 5.41) is 3.78. The predicted molar refractivity (Wildman–Crippen MR) is 83.5 cm³/mol. The largest absolute Gasteiger partial charge is 0.340 e. The van der Waals surface area contributed by atoms with Gasteiger partial charge in [-0.3, -0.25) is 4.79 Å². The van der Waals surface area contributed by atoms with Crippen molar-refractivity contribution < 1.29 is 4.79 Å². The van der Waals surface area contributed by atoms with Crippen molar-refractivity contribution in [2.24, 2.45) is 7.05 Å².